The molecule has 0 heterocycles. The van der Waals surface area contributed by atoms with E-state index in [-0.39, 0.29) is 12.5 Å². The van der Waals surface area contributed by atoms with Crippen molar-refractivity contribution in [1.82, 2.24) is 5.32 Å². The lowest BCUT2D eigenvalue weighted by atomic mass is 10.1. The number of ether oxygens (including phenoxy) is 1. The van der Waals surface area contributed by atoms with Crippen molar-refractivity contribution in [3.05, 3.63) is 35.4 Å². The van der Waals surface area contributed by atoms with Crippen molar-refractivity contribution in [2.45, 2.75) is 11.4 Å². The lowest BCUT2D eigenvalue weighted by Crippen LogP contribution is -2.37. The number of hydrogen-bond acceptors (Lipinski definition) is 4. The van der Waals surface area contributed by atoms with Crippen molar-refractivity contribution in [2.24, 2.45) is 0 Å². The Morgan fingerprint density at radius 1 is 1.39 bits per heavy atom. The normalized spacial score (nSPS) is 11.7. The largest absolute Gasteiger partial charge is 0.467 e. The molecule has 5 nitrogen and oxygen atoms in total. The highest BCUT2D eigenvalue weighted by Crippen LogP contribution is 2.07. The minimum Gasteiger partial charge on any atom is -0.467 e. The number of alkyl halides is 1. The molecule has 0 aliphatic carbocycles. The molecule has 0 aliphatic heterocycles. The van der Waals surface area contributed by atoms with Crippen LogP contribution in [0.2, 0.25) is 0 Å². The number of carbonyl (C=O) groups is 2. The second-order valence-corrected chi connectivity index (χ2v) is 4.14. The SMILES string of the molecule is COC(=O)C(O)CNC(=O)c1ccc(CBr)cc1. The molecule has 0 saturated heterocycles. The maximum Gasteiger partial charge on any atom is 0.336 e. The van der Waals surface area contributed by atoms with E-state index in [1.165, 1.54) is 7.11 Å². The molecule has 6 heteroatoms. The first kappa shape index (κ1) is 14.7. The van der Waals surface area contributed by atoms with Crippen molar-refractivity contribution in [1.29, 1.82) is 0 Å². The molecular formula is C12H14BrNO4. The minimum atomic E-state index is -1.35. The van der Waals surface area contributed by atoms with Crippen molar-refractivity contribution in [3.63, 3.8) is 0 Å². The number of methoxy groups -OCH3 is 1. The van der Waals surface area contributed by atoms with Gasteiger partial charge in [-0.3, -0.25) is 4.79 Å². The number of carbonyl (C=O) groups excluding carboxylic acids is 2. The molecule has 1 aromatic carbocycles. The van der Waals surface area contributed by atoms with Gasteiger partial charge in [0.25, 0.3) is 5.91 Å². The minimum absolute atomic E-state index is 0.175. The van der Waals surface area contributed by atoms with Gasteiger partial charge in [0.05, 0.1) is 13.7 Å². The van der Waals surface area contributed by atoms with E-state index in [1.807, 2.05) is 12.1 Å². The monoisotopic (exact) mass is 315 g/mol. The van der Waals surface area contributed by atoms with Gasteiger partial charge in [0.15, 0.2) is 6.10 Å². The van der Waals surface area contributed by atoms with Gasteiger partial charge in [-0.15, -0.1) is 0 Å². The molecular weight excluding hydrogens is 302 g/mol. The van der Waals surface area contributed by atoms with Crippen molar-refractivity contribution in [2.75, 3.05) is 13.7 Å². The average Bonchev–Trinajstić information content (AvgIpc) is 2.43. The Kier molecular flexibility index (Phi) is 5.80. The van der Waals surface area contributed by atoms with Gasteiger partial charge >= 0.3 is 5.97 Å². The van der Waals surface area contributed by atoms with Crippen LogP contribution in [0.5, 0.6) is 0 Å². The lowest BCUT2D eigenvalue weighted by molar-refractivity contribution is -0.149. The number of nitrogens with one attached hydrogen (secondary N) is 1. The lowest BCUT2D eigenvalue weighted by Gasteiger charge is -2.09. The van der Waals surface area contributed by atoms with Gasteiger partial charge in [0.2, 0.25) is 0 Å². The molecule has 1 atom stereocenters. The predicted octanol–water partition coefficient (Wildman–Crippen LogP) is 0.845. The Labute approximate surface area is 113 Å². The van der Waals surface area contributed by atoms with Gasteiger partial charge < -0.3 is 15.2 Å². The van der Waals surface area contributed by atoms with E-state index >= 15 is 0 Å². The molecule has 1 aromatic rings. The summed E-state index contributed by atoms with van der Waals surface area (Å²) in [6.45, 7) is -0.175. The fraction of sp³-hybridized carbons (Fsp3) is 0.333. The van der Waals surface area contributed by atoms with Gasteiger partial charge in [-0.2, -0.15) is 0 Å². The van der Waals surface area contributed by atoms with Crippen LogP contribution in [-0.2, 0) is 14.9 Å². The quantitative estimate of drug-likeness (QED) is 0.624. The highest BCUT2D eigenvalue weighted by molar-refractivity contribution is 9.08. The third kappa shape index (κ3) is 4.12. The zero-order valence-corrected chi connectivity index (χ0v) is 11.4. The number of aliphatic hydroxyl groups excluding tert-OH is 1. The fourth-order valence-corrected chi connectivity index (χ4v) is 1.63. The van der Waals surface area contributed by atoms with Crippen LogP contribution in [0.4, 0.5) is 0 Å². The van der Waals surface area contributed by atoms with Crippen LogP contribution in [0.15, 0.2) is 24.3 Å². The average molecular weight is 316 g/mol. The first-order valence-corrected chi connectivity index (χ1v) is 6.39. The highest BCUT2D eigenvalue weighted by Gasteiger charge is 2.16. The Morgan fingerprint density at radius 3 is 2.50 bits per heavy atom. The molecule has 2 N–H and O–H groups in total. The first-order valence-electron chi connectivity index (χ1n) is 5.27. The van der Waals surface area contributed by atoms with Gasteiger partial charge in [0.1, 0.15) is 0 Å². The summed E-state index contributed by atoms with van der Waals surface area (Å²) >= 11 is 3.31. The Morgan fingerprint density at radius 2 is 2.00 bits per heavy atom. The summed E-state index contributed by atoms with van der Waals surface area (Å²) in [5, 5.41) is 12.5. The molecule has 1 unspecified atom stereocenters. The van der Waals surface area contributed by atoms with E-state index in [9.17, 15) is 14.7 Å². The van der Waals surface area contributed by atoms with Crippen LogP contribution in [-0.4, -0.2) is 36.7 Å². The molecule has 0 bridgehead atoms. The van der Waals surface area contributed by atoms with E-state index in [1.54, 1.807) is 12.1 Å². The molecule has 1 amide bonds. The molecule has 0 spiro atoms. The van der Waals surface area contributed by atoms with Gasteiger partial charge in [-0.1, -0.05) is 28.1 Å². The van der Waals surface area contributed by atoms with E-state index < -0.39 is 12.1 Å². The van der Waals surface area contributed by atoms with Gasteiger partial charge in [-0.05, 0) is 17.7 Å². The van der Waals surface area contributed by atoms with Crippen LogP contribution < -0.4 is 5.32 Å². The van der Waals surface area contributed by atoms with Gasteiger partial charge in [-0.25, -0.2) is 4.79 Å². The molecule has 18 heavy (non-hydrogen) atoms. The summed E-state index contributed by atoms with van der Waals surface area (Å²) in [4.78, 5) is 22.6. The third-order valence-electron chi connectivity index (χ3n) is 2.30. The van der Waals surface area contributed by atoms with Crippen molar-refractivity contribution < 1.29 is 19.4 Å². The molecule has 98 valence electrons. The van der Waals surface area contributed by atoms with Crippen LogP contribution in [0.3, 0.4) is 0 Å². The first-order chi connectivity index (χ1) is 8.58. The molecule has 0 fully saturated rings. The molecule has 0 radical (unpaired) electrons. The van der Waals surface area contributed by atoms with Gasteiger partial charge in [0, 0.05) is 10.9 Å². The van der Waals surface area contributed by atoms with Crippen LogP contribution >= 0.6 is 15.9 Å². The van der Waals surface area contributed by atoms with E-state index in [0.29, 0.717) is 5.56 Å². The number of benzene rings is 1. The second kappa shape index (κ2) is 7.13. The summed E-state index contributed by atoms with van der Waals surface area (Å²) in [7, 11) is 1.17. The maximum atomic E-state index is 11.7. The number of hydrogen-bond donors (Lipinski definition) is 2. The zero-order valence-electron chi connectivity index (χ0n) is 9.85. The van der Waals surface area contributed by atoms with Crippen LogP contribution in [0, 0.1) is 0 Å². The van der Waals surface area contributed by atoms with Crippen molar-refractivity contribution in [3.8, 4) is 0 Å². The van der Waals surface area contributed by atoms with E-state index in [4.69, 9.17) is 0 Å². The Balaban J connectivity index is 2.52. The second-order valence-electron chi connectivity index (χ2n) is 3.58. The fourth-order valence-electron chi connectivity index (χ4n) is 1.26. The summed E-state index contributed by atoms with van der Waals surface area (Å²) in [5.74, 6) is -1.12. The number of rotatable bonds is 5. The molecule has 0 aliphatic rings. The Bertz CT molecular complexity index is 419. The summed E-state index contributed by atoms with van der Waals surface area (Å²) < 4.78 is 4.33. The highest BCUT2D eigenvalue weighted by atomic mass is 79.9. The zero-order chi connectivity index (χ0) is 13.5. The summed E-state index contributed by atoms with van der Waals surface area (Å²) in [5.41, 5.74) is 1.53. The maximum absolute atomic E-state index is 11.7. The van der Waals surface area contributed by atoms with Crippen LogP contribution in [0.1, 0.15) is 15.9 Å². The topological polar surface area (TPSA) is 75.6 Å². The number of esters is 1. The number of amides is 1. The van der Waals surface area contributed by atoms with E-state index in [0.717, 1.165) is 10.9 Å². The number of halogens is 1. The summed E-state index contributed by atoms with van der Waals surface area (Å²) in [6, 6.07) is 6.99. The predicted molar refractivity (Wildman–Crippen MR) is 69.4 cm³/mol. The van der Waals surface area contributed by atoms with E-state index in [2.05, 4.69) is 26.0 Å². The standard InChI is InChI=1S/C12H14BrNO4/c1-18-12(17)10(15)7-14-11(16)9-4-2-8(6-13)3-5-9/h2-5,10,15H,6-7H2,1H3,(H,14,16). The molecule has 0 saturated carbocycles. The Hall–Kier alpha value is -1.40. The molecule has 0 aromatic heterocycles. The number of aliphatic hydroxyl groups is 1. The third-order valence-corrected chi connectivity index (χ3v) is 2.95. The van der Waals surface area contributed by atoms with Crippen molar-refractivity contribution >= 4 is 27.8 Å². The summed E-state index contributed by atoms with van der Waals surface area (Å²) in [6.07, 6.45) is -1.35. The van der Waals surface area contributed by atoms with Crippen LogP contribution in [0.25, 0.3) is 0 Å². The molecule has 1 rings (SSSR count). The smallest absolute Gasteiger partial charge is 0.336 e.